The molecule has 3 N–H and O–H groups in total. The topological polar surface area (TPSA) is 101 Å². The predicted molar refractivity (Wildman–Crippen MR) is 99.4 cm³/mol. The summed E-state index contributed by atoms with van der Waals surface area (Å²) in [4.78, 5) is 12.4. The monoisotopic (exact) mass is 353 g/mol. The molecule has 2 amide bonds. The number of benzene rings is 1. The first-order chi connectivity index (χ1) is 12.5. The van der Waals surface area contributed by atoms with Gasteiger partial charge in [0, 0.05) is 23.8 Å². The van der Waals surface area contributed by atoms with Gasteiger partial charge in [0.05, 0.1) is 11.4 Å². The number of nitrogens with one attached hydrogen (secondary N) is 3. The summed E-state index contributed by atoms with van der Waals surface area (Å²) < 4.78 is 1.80. The zero-order chi connectivity index (χ0) is 18.5. The van der Waals surface area contributed by atoms with Gasteiger partial charge in [-0.2, -0.15) is 5.10 Å². The normalized spacial score (nSPS) is 12.0. The third-order valence-corrected chi connectivity index (χ3v) is 4.09. The van der Waals surface area contributed by atoms with Gasteiger partial charge in [-0.15, -0.1) is 10.2 Å². The quantitative estimate of drug-likeness (QED) is 0.634. The van der Waals surface area contributed by atoms with Gasteiger partial charge in [0.2, 0.25) is 0 Å². The first kappa shape index (κ1) is 17.7. The maximum atomic E-state index is 12.4. The smallest absolute Gasteiger partial charge is 0.319 e. The minimum Gasteiger partial charge on any atom is -0.335 e. The van der Waals surface area contributed by atoms with E-state index in [-0.39, 0.29) is 12.1 Å². The molecule has 0 saturated carbocycles. The Hall–Kier alpha value is -3.16. The molecule has 1 atom stereocenters. The summed E-state index contributed by atoms with van der Waals surface area (Å²) in [6, 6.07) is 7.61. The summed E-state index contributed by atoms with van der Waals surface area (Å²) in [7, 11) is 0. The van der Waals surface area contributed by atoms with Crippen molar-refractivity contribution < 1.29 is 4.79 Å². The van der Waals surface area contributed by atoms with Crippen LogP contribution >= 0.6 is 0 Å². The molecule has 8 nitrogen and oxygen atoms in total. The third-order valence-electron chi connectivity index (χ3n) is 4.09. The lowest BCUT2D eigenvalue weighted by atomic mass is 10.1. The molecule has 0 radical (unpaired) electrons. The number of amides is 2. The molecule has 0 fully saturated rings. The number of aromatic nitrogens is 5. The Morgan fingerprint density at radius 1 is 1.27 bits per heavy atom. The summed E-state index contributed by atoms with van der Waals surface area (Å²) in [6.07, 6.45) is 4.73. The molecule has 0 aliphatic carbocycles. The number of carbonyl (C=O) groups excluding carboxylic acids is 1. The molecule has 8 heteroatoms. The van der Waals surface area contributed by atoms with Gasteiger partial charge in [0.25, 0.3) is 0 Å². The Labute approximate surface area is 152 Å². The molecule has 2 aromatic heterocycles. The highest BCUT2D eigenvalue weighted by molar-refractivity contribution is 5.90. The fourth-order valence-corrected chi connectivity index (χ4v) is 2.81. The van der Waals surface area contributed by atoms with Crippen molar-refractivity contribution in [3.05, 3.63) is 53.9 Å². The van der Waals surface area contributed by atoms with Crippen LogP contribution in [0, 0.1) is 6.92 Å². The van der Waals surface area contributed by atoms with Crippen molar-refractivity contribution in [2.45, 2.75) is 39.7 Å². The molecule has 2 heterocycles. The van der Waals surface area contributed by atoms with E-state index in [4.69, 9.17) is 0 Å². The highest BCUT2D eigenvalue weighted by Crippen LogP contribution is 2.21. The molecule has 26 heavy (non-hydrogen) atoms. The largest absolute Gasteiger partial charge is 0.335 e. The van der Waals surface area contributed by atoms with Crippen LogP contribution in [0.15, 0.2) is 36.9 Å². The molecular weight excluding hydrogens is 330 g/mol. The molecule has 0 unspecified atom stereocenters. The highest BCUT2D eigenvalue weighted by atomic mass is 16.2. The zero-order valence-corrected chi connectivity index (χ0v) is 15.2. The second-order valence-electron chi connectivity index (χ2n) is 6.31. The molecule has 1 aromatic carbocycles. The number of aryl methyl sites for hydroxylation is 2. The second-order valence-corrected chi connectivity index (χ2v) is 6.31. The number of aromatic amines is 1. The van der Waals surface area contributed by atoms with Gasteiger partial charge in [-0.3, -0.25) is 9.67 Å². The summed E-state index contributed by atoms with van der Waals surface area (Å²) in [5.74, 6) is 0. The van der Waals surface area contributed by atoms with E-state index in [9.17, 15) is 4.79 Å². The highest BCUT2D eigenvalue weighted by Gasteiger charge is 2.12. The van der Waals surface area contributed by atoms with E-state index >= 15 is 0 Å². The van der Waals surface area contributed by atoms with Crippen LogP contribution in [0.2, 0.25) is 0 Å². The lowest BCUT2D eigenvalue weighted by Gasteiger charge is -2.16. The number of hydrogen-bond donors (Lipinski definition) is 3. The molecule has 0 aliphatic heterocycles. The summed E-state index contributed by atoms with van der Waals surface area (Å²) in [5, 5.41) is 20.7. The number of hydrogen-bond acceptors (Lipinski definition) is 4. The van der Waals surface area contributed by atoms with Crippen molar-refractivity contribution in [2.75, 3.05) is 5.32 Å². The minimum atomic E-state index is -0.236. The molecule has 136 valence electrons. The van der Waals surface area contributed by atoms with Crippen LogP contribution < -0.4 is 10.6 Å². The first-order valence-corrected chi connectivity index (χ1v) is 8.61. The van der Waals surface area contributed by atoms with Crippen LogP contribution in [0.3, 0.4) is 0 Å². The average Bonchev–Trinajstić information content (AvgIpc) is 3.26. The maximum absolute atomic E-state index is 12.4. The lowest BCUT2D eigenvalue weighted by molar-refractivity contribution is 0.249. The van der Waals surface area contributed by atoms with Gasteiger partial charge >= 0.3 is 6.03 Å². The van der Waals surface area contributed by atoms with Gasteiger partial charge in [-0.05, 0) is 44.0 Å². The predicted octanol–water partition coefficient (Wildman–Crippen LogP) is 2.61. The van der Waals surface area contributed by atoms with E-state index in [0.29, 0.717) is 6.42 Å². The SMILES string of the molecule is CCc1ccc(-n2cnnc2)cc1NC(=O)N[C@H](C)Cc1cc(C)[nH]n1. The van der Waals surface area contributed by atoms with E-state index in [1.165, 1.54) is 0 Å². The van der Waals surface area contributed by atoms with Crippen molar-refractivity contribution in [3.8, 4) is 5.69 Å². The number of urea groups is 1. The van der Waals surface area contributed by atoms with Crippen molar-refractivity contribution >= 4 is 11.7 Å². The van der Waals surface area contributed by atoms with Crippen LogP contribution in [-0.2, 0) is 12.8 Å². The fraction of sp³-hybridized carbons (Fsp3) is 0.333. The zero-order valence-electron chi connectivity index (χ0n) is 15.2. The van der Waals surface area contributed by atoms with Crippen LogP contribution in [-0.4, -0.2) is 37.0 Å². The van der Waals surface area contributed by atoms with E-state index in [1.807, 2.05) is 38.1 Å². The van der Waals surface area contributed by atoms with E-state index in [1.54, 1.807) is 17.2 Å². The summed E-state index contributed by atoms with van der Waals surface area (Å²) >= 11 is 0. The van der Waals surface area contributed by atoms with Gasteiger partial charge in [0.1, 0.15) is 12.7 Å². The third kappa shape index (κ3) is 4.27. The Balaban J connectivity index is 1.66. The summed E-state index contributed by atoms with van der Waals surface area (Å²) in [6.45, 7) is 5.97. The number of rotatable bonds is 6. The van der Waals surface area contributed by atoms with Crippen molar-refractivity contribution in [2.24, 2.45) is 0 Å². The number of anilines is 1. The Morgan fingerprint density at radius 3 is 2.69 bits per heavy atom. The minimum absolute atomic E-state index is 0.0381. The van der Waals surface area contributed by atoms with Crippen molar-refractivity contribution in [1.29, 1.82) is 0 Å². The van der Waals surface area contributed by atoms with Gasteiger partial charge < -0.3 is 10.6 Å². The number of nitrogens with zero attached hydrogens (tertiary/aromatic N) is 4. The number of carbonyl (C=O) groups is 1. The van der Waals surface area contributed by atoms with E-state index < -0.39 is 0 Å². The average molecular weight is 353 g/mol. The van der Waals surface area contributed by atoms with Gasteiger partial charge in [-0.25, -0.2) is 4.79 Å². The van der Waals surface area contributed by atoms with Gasteiger partial charge in [0.15, 0.2) is 0 Å². The molecule has 0 saturated heterocycles. The molecule has 3 aromatic rings. The van der Waals surface area contributed by atoms with E-state index in [2.05, 4.69) is 38.0 Å². The molecule has 0 aliphatic rings. The van der Waals surface area contributed by atoms with Crippen molar-refractivity contribution in [1.82, 2.24) is 30.3 Å². The van der Waals surface area contributed by atoms with E-state index in [0.717, 1.165) is 34.7 Å². The summed E-state index contributed by atoms with van der Waals surface area (Å²) in [5.41, 5.74) is 4.67. The Bertz CT molecular complexity index is 870. The maximum Gasteiger partial charge on any atom is 0.319 e. The number of H-pyrrole nitrogens is 1. The van der Waals surface area contributed by atoms with Crippen LogP contribution in [0.4, 0.5) is 10.5 Å². The standard InChI is InChI=1S/C18H23N7O/c1-4-14-5-6-16(25-10-19-20-11-25)9-17(14)22-18(26)21-12(2)7-15-8-13(3)23-24-15/h5-6,8-12H,4,7H2,1-3H3,(H,23,24)(H2,21,22,26)/t12-/m1/s1. The Kier molecular flexibility index (Phi) is 5.31. The second kappa shape index (κ2) is 7.81. The van der Waals surface area contributed by atoms with Crippen LogP contribution in [0.1, 0.15) is 30.8 Å². The van der Waals surface area contributed by atoms with Crippen LogP contribution in [0.25, 0.3) is 5.69 Å². The fourth-order valence-electron chi connectivity index (χ4n) is 2.81. The molecule has 0 bridgehead atoms. The van der Waals surface area contributed by atoms with Crippen molar-refractivity contribution in [3.63, 3.8) is 0 Å². The molecular formula is C18H23N7O. The lowest BCUT2D eigenvalue weighted by Crippen LogP contribution is -2.37. The Morgan fingerprint density at radius 2 is 2.04 bits per heavy atom. The molecule has 3 rings (SSSR count). The van der Waals surface area contributed by atoms with Crippen LogP contribution in [0.5, 0.6) is 0 Å². The van der Waals surface area contributed by atoms with Gasteiger partial charge in [-0.1, -0.05) is 13.0 Å². The first-order valence-electron chi connectivity index (χ1n) is 8.61. The molecule has 0 spiro atoms.